The molecule has 2 aromatic carbocycles. The molecule has 1 saturated carbocycles. The Bertz CT molecular complexity index is 2700. The second kappa shape index (κ2) is 18.8. The van der Waals surface area contributed by atoms with Gasteiger partial charge in [-0.1, -0.05) is 31.1 Å². The third-order valence-corrected chi connectivity index (χ3v) is 14.1. The summed E-state index contributed by atoms with van der Waals surface area (Å²) in [5.74, 6) is -4.19. The number of aromatic nitrogens is 3. The number of nitrogens with zero attached hydrogens (tertiary/aromatic N) is 5. The van der Waals surface area contributed by atoms with Crippen LogP contribution in [-0.4, -0.2) is 106 Å². The summed E-state index contributed by atoms with van der Waals surface area (Å²) in [5.41, 5.74) is -2.05. The first kappa shape index (κ1) is 49.3. The number of fused-ring (bicyclic) bond motifs is 3. The maximum atomic E-state index is 14.7. The van der Waals surface area contributed by atoms with Crippen molar-refractivity contribution in [3.8, 4) is 27.8 Å². The Labute approximate surface area is 389 Å². The normalized spacial score (nSPS) is 23.5. The van der Waals surface area contributed by atoms with Crippen LogP contribution in [0.2, 0.25) is 0 Å². The van der Waals surface area contributed by atoms with Gasteiger partial charge in [-0.25, -0.2) is 18.9 Å². The molecule has 3 N–H and O–H groups in total. The summed E-state index contributed by atoms with van der Waals surface area (Å²) >= 11 is 1.16. The number of allylic oxidation sites excluding steroid dienone is 1. The molecule has 362 valence electrons. The van der Waals surface area contributed by atoms with E-state index >= 15 is 0 Å². The Morgan fingerprint density at radius 2 is 1.81 bits per heavy atom. The molecule has 1 saturated heterocycles. The van der Waals surface area contributed by atoms with Crippen LogP contribution in [0.5, 0.6) is 6.01 Å². The number of rotatable bonds is 9. The van der Waals surface area contributed by atoms with Crippen molar-refractivity contribution < 1.29 is 54.6 Å². The van der Waals surface area contributed by atoms with Gasteiger partial charge in [0, 0.05) is 49.0 Å². The van der Waals surface area contributed by atoms with Crippen LogP contribution in [0.25, 0.3) is 32.9 Å². The highest BCUT2D eigenvalue weighted by atomic mass is 32.2. The molecule has 0 bridgehead atoms. The van der Waals surface area contributed by atoms with E-state index in [9.17, 15) is 45.2 Å². The molecule has 16 nitrogen and oxygen atoms in total. The Morgan fingerprint density at radius 1 is 1.06 bits per heavy atom. The maximum absolute atomic E-state index is 14.7. The summed E-state index contributed by atoms with van der Waals surface area (Å²) in [6.45, 7) is 8.72. The molecule has 7 rings (SSSR count). The molecular weight excluding hydrogens is 921 g/mol. The fourth-order valence-corrected chi connectivity index (χ4v) is 9.80. The first-order chi connectivity index (χ1) is 31.4. The third kappa shape index (κ3) is 10.8. The first-order valence-corrected chi connectivity index (χ1v) is 24.2. The van der Waals surface area contributed by atoms with Gasteiger partial charge >= 0.3 is 22.5 Å². The number of hydrogen-bond donors (Lipinski definition) is 3. The van der Waals surface area contributed by atoms with Crippen LogP contribution < -0.4 is 20.1 Å². The quantitative estimate of drug-likeness (QED) is 0.115. The number of alkyl carbamates (subject to hydrolysis) is 1. The molecule has 2 aliphatic heterocycles. The highest BCUT2D eigenvalue weighted by Crippen LogP contribution is 2.46. The number of alkyl halides is 3. The molecule has 4 aromatic rings. The monoisotopic (exact) mass is 974 g/mol. The molecule has 0 unspecified atom stereocenters. The number of ether oxygens (including phenoxy) is 2. The van der Waals surface area contributed by atoms with Crippen LogP contribution in [0, 0.1) is 11.7 Å². The molecule has 0 spiro atoms. The number of halogens is 4. The standard InChI is InChI=1S/C45H54F4N8O8S2/c1-25(2)57-34-17-13-15-29(38-50-33(24-66-38)26-18-19-31(46)30(20-26)45(47,48)49)36(34)52-41(57)64-28-21-35-37(58)53-44(40(60)54-67(62,63)55(6)7)22-27(44)14-11-9-8-10-12-16-32(39(59)56(35)23-28)51-42(61)65-43(3,4)5/h11,13-15,17-20,24-25,27-28,32,35H,8-10,12,16,21-23H2,1-7H3,(H,51,61)(H,53,58)(H,54,60)/b14-11-/t27-,28-,32+,35+,44-/m1/s1. The van der Waals surface area contributed by atoms with Gasteiger partial charge in [-0.05, 0) is 90.6 Å². The van der Waals surface area contributed by atoms with Gasteiger partial charge < -0.3 is 25.0 Å². The largest absolute Gasteiger partial charge is 0.459 e. The SMILES string of the molecule is CC(C)n1c(O[C@@H]2C[C@H]3C(=O)N[C@]4(C(=O)NS(=O)(=O)N(C)C)C[C@H]4/C=C\CCCCC[C@H](NC(=O)OC(C)(C)C)C(=O)N3C2)nc2c(-c3nc(-c4ccc(F)c(C(F)(F)F)c4)cs3)cccc21. The number of carbonyl (C=O) groups excluding carboxylic acids is 4. The lowest BCUT2D eigenvalue weighted by molar-refractivity contribution is -0.141. The van der Waals surface area contributed by atoms with Crippen molar-refractivity contribution >= 4 is 56.4 Å². The highest BCUT2D eigenvalue weighted by molar-refractivity contribution is 7.87. The van der Waals surface area contributed by atoms with Gasteiger partial charge in [0.05, 0.1) is 23.3 Å². The van der Waals surface area contributed by atoms with E-state index in [4.69, 9.17) is 14.5 Å². The van der Waals surface area contributed by atoms with Crippen LogP contribution in [-0.2, 0) is 35.5 Å². The molecule has 0 radical (unpaired) electrons. The molecule has 22 heteroatoms. The van der Waals surface area contributed by atoms with Crippen molar-refractivity contribution in [2.45, 2.75) is 121 Å². The van der Waals surface area contributed by atoms with E-state index in [-0.39, 0.29) is 49.1 Å². The summed E-state index contributed by atoms with van der Waals surface area (Å²) in [5, 5.41) is 7.52. The van der Waals surface area contributed by atoms with Crippen molar-refractivity contribution in [3.63, 3.8) is 0 Å². The highest BCUT2D eigenvalue weighted by Gasteiger charge is 2.62. The predicted molar refractivity (Wildman–Crippen MR) is 241 cm³/mol. The molecule has 2 aromatic heterocycles. The lowest BCUT2D eigenvalue weighted by Crippen LogP contribution is -2.58. The zero-order valence-electron chi connectivity index (χ0n) is 38.1. The number of carbonyl (C=O) groups is 4. The topological polar surface area (TPSA) is 194 Å². The zero-order valence-corrected chi connectivity index (χ0v) is 39.7. The van der Waals surface area contributed by atoms with Gasteiger partial charge in [-0.2, -0.15) is 30.9 Å². The maximum Gasteiger partial charge on any atom is 0.419 e. The van der Waals surface area contributed by atoms with Crippen molar-refractivity contribution in [3.05, 3.63) is 65.3 Å². The molecule has 4 amide bonds. The average molecular weight is 975 g/mol. The van der Waals surface area contributed by atoms with E-state index in [2.05, 4.69) is 20.3 Å². The van der Waals surface area contributed by atoms with Crippen LogP contribution >= 0.6 is 11.3 Å². The number of imidazole rings is 1. The molecular formula is C45H54F4N8O8S2. The average Bonchev–Trinajstić information content (AvgIpc) is 3.57. The van der Waals surface area contributed by atoms with E-state index in [1.807, 2.05) is 30.6 Å². The molecule has 4 heterocycles. The minimum Gasteiger partial charge on any atom is -0.459 e. The summed E-state index contributed by atoms with van der Waals surface area (Å²) < 4.78 is 97.4. The fourth-order valence-electron chi connectivity index (χ4n) is 8.35. The summed E-state index contributed by atoms with van der Waals surface area (Å²) in [4.78, 5) is 67.1. The molecule has 3 aliphatic rings. The first-order valence-electron chi connectivity index (χ1n) is 21.9. The van der Waals surface area contributed by atoms with Gasteiger partial charge in [-0.3, -0.25) is 19.0 Å². The Kier molecular flexibility index (Phi) is 13.8. The molecule has 67 heavy (non-hydrogen) atoms. The molecule has 1 aliphatic carbocycles. The summed E-state index contributed by atoms with van der Waals surface area (Å²) in [6, 6.07) is 5.54. The fraction of sp³-hybridized carbons (Fsp3) is 0.511. The Morgan fingerprint density at radius 3 is 2.49 bits per heavy atom. The number of thiazole rings is 1. The number of amides is 4. The molecule has 2 fully saturated rings. The summed E-state index contributed by atoms with van der Waals surface area (Å²) in [6.07, 6.45) is -0.105. The lowest BCUT2D eigenvalue weighted by atomic mass is 10.0. The van der Waals surface area contributed by atoms with Gasteiger partial charge in [0.1, 0.15) is 45.7 Å². The van der Waals surface area contributed by atoms with E-state index in [1.54, 1.807) is 44.4 Å². The van der Waals surface area contributed by atoms with Gasteiger partial charge in [0.25, 0.3) is 11.9 Å². The van der Waals surface area contributed by atoms with Crippen molar-refractivity contribution in [1.29, 1.82) is 0 Å². The predicted octanol–water partition coefficient (Wildman–Crippen LogP) is 7.13. The third-order valence-electron chi connectivity index (χ3n) is 11.8. The van der Waals surface area contributed by atoms with Crippen molar-refractivity contribution in [2.24, 2.45) is 5.92 Å². The Hall–Kier alpha value is -5.61. The minimum atomic E-state index is -4.91. The van der Waals surface area contributed by atoms with Gasteiger partial charge in [-0.15, -0.1) is 11.3 Å². The van der Waals surface area contributed by atoms with Gasteiger partial charge in [0.2, 0.25) is 11.8 Å². The van der Waals surface area contributed by atoms with Crippen LogP contribution in [0.4, 0.5) is 22.4 Å². The number of benzene rings is 2. The number of para-hydroxylation sites is 1. The molecule has 5 atom stereocenters. The zero-order chi connectivity index (χ0) is 48.8. The number of nitrogens with one attached hydrogen (secondary N) is 3. The van der Waals surface area contributed by atoms with E-state index < -0.39 is 86.8 Å². The van der Waals surface area contributed by atoms with E-state index in [0.29, 0.717) is 40.9 Å². The van der Waals surface area contributed by atoms with Gasteiger partial charge in [0.15, 0.2) is 0 Å². The van der Waals surface area contributed by atoms with E-state index in [1.165, 1.54) is 25.1 Å². The number of hydrogen-bond acceptors (Lipinski definition) is 11. The van der Waals surface area contributed by atoms with Crippen LogP contribution in [0.1, 0.15) is 91.2 Å². The second-order valence-electron chi connectivity index (χ2n) is 18.5. The van der Waals surface area contributed by atoms with Crippen LogP contribution in [0.15, 0.2) is 53.9 Å². The second-order valence-corrected chi connectivity index (χ2v) is 21.2. The van der Waals surface area contributed by atoms with Crippen LogP contribution in [0.3, 0.4) is 0 Å². The smallest absolute Gasteiger partial charge is 0.419 e. The van der Waals surface area contributed by atoms with E-state index in [0.717, 1.165) is 34.2 Å². The lowest BCUT2D eigenvalue weighted by Gasteiger charge is -2.30. The summed E-state index contributed by atoms with van der Waals surface area (Å²) in [7, 11) is -1.73. The minimum absolute atomic E-state index is 0.0737. The van der Waals surface area contributed by atoms with Crippen molar-refractivity contribution in [1.82, 2.24) is 39.1 Å². The van der Waals surface area contributed by atoms with Crippen molar-refractivity contribution in [2.75, 3.05) is 20.6 Å². The Balaban J connectivity index is 1.23.